The van der Waals surface area contributed by atoms with Crippen molar-refractivity contribution in [1.82, 2.24) is 0 Å². The maximum absolute atomic E-state index is 12.0. The summed E-state index contributed by atoms with van der Waals surface area (Å²) >= 11 is 5.40. The molecule has 0 aliphatic rings. The zero-order valence-electron chi connectivity index (χ0n) is 17.6. The maximum atomic E-state index is 12.0. The van der Waals surface area contributed by atoms with E-state index in [4.69, 9.17) is 0 Å². The second-order valence-corrected chi connectivity index (χ2v) is 15.9. The summed E-state index contributed by atoms with van der Waals surface area (Å²) in [5.74, 6) is 0. The van der Waals surface area contributed by atoms with Gasteiger partial charge >= 0.3 is 147 Å². The van der Waals surface area contributed by atoms with Crippen LogP contribution < -0.4 is 9.79 Å². The van der Waals surface area contributed by atoms with Gasteiger partial charge in [0.15, 0.2) is 0 Å². The number of rotatable bonds is 18. The Bertz CT molecular complexity index is 335. The second-order valence-electron chi connectivity index (χ2n) is 7.25. The molecule has 0 rings (SSSR count). The Morgan fingerprint density at radius 2 is 0.889 bits per heavy atom. The van der Waals surface area contributed by atoms with Gasteiger partial charge in [0.05, 0.1) is 0 Å². The van der Waals surface area contributed by atoms with Gasteiger partial charge in [-0.25, -0.2) is 0 Å². The molecule has 0 unspecified atom stereocenters. The molecule has 0 saturated heterocycles. The van der Waals surface area contributed by atoms with Gasteiger partial charge in [0.2, 0.25) is 0 Å². The van der Waals surface area contributed by atoms with Gasteiger partial charge in [-0.3, -0.25) is 0 Å². The van der Waals surface area contributed by atoms with Crippen LogP contribution in [0.4, 0.5) is 0 Å². The van der Waals surface area contributed by atoms with Crippen LogP contribution in [0.1, 0.15) is 117 Å². The fraction of sp³-hybridized carbons (Fsp3) is 1.00. The van der Waals surface area contributed by atoms with Crippen molar-refractivity contribution in [2.24, 2.45) is 0 Å². The maximum Gasteiger partial charge on any atom is -0.160 e. The van der Waals surface area contributed by atoms with Crippen LogP contribution in [0.2, 0.25) is 9.62 Å². The third kappa shape index (κ3) is 38.6. The van der Waals surface area contributed by atoms with Gasteiger partial charge in [-0.2, -0.15) is 11.8 Å². The summed E-state index contributed by atoms with van der Waals surface area (Å²) in [6, 6.07) is 0. The molecule has 0 amide bonds. The van der Waals surface area contributed by atoms with E-state index in [1.807, 2.05) is 0 Å². The van der Waals surface area contributed by atoms with Crippen molar-refractivity contribution in [2.75, 3.05) is 0 Å². The average Bonchev–Trinajstić information content (AvgIpc) is 2.58. The molecule has 0 saturated carbocycles. The minimum atomic E-state index is -3.72. The zero-order chi connectivity index (χ0) is 20.8. The van der Waals surface area contributed by atoms with Gasteiger partial charge in [0.25, 0.3) is 0 Å². The van der Waals surface area contributed by atoms with Crippen LogP contribution in [-0.4, -0.2) is 0 Å². The van der Waals surface area contributed by atoms with E-state index >= 15 is 0 Å². The molecule has 0 aromatic carbocycles. The summed E-state index contributed by atoms with van der Waals surface area (Å²) < 4.78 is 12.0. The molecule has 0 aromatic rings. The topological polar surface area (TPSA) is 63.2 Å². The molecule has 0 aromatic heterocycles. The van der Waals surface area contributed by atoms with Gasteiger partial charge < -0.3 is 27.7 Å². The third-order valence-corrected chi connectivity index (χ3v) is 8.11. The summed E-state index contributed by atoms with van der Waals surface area (Å²) in [5.41, 5.74) is -3.72. The minimum Gasteiger partial charge on any atom is -0.850 e. The van der Waals surface area contributed by atoms with Crippen molar-refractivity contribution in [3.05, 3.63) is 0 Å². The molecular weight excluding hydrogens is 479 g/mol. The van der Waals surface area contributed by atoms with Crippen LogP contribution in [0.3, 0.4) is 0 Å². The monoisotopic (exact) mass is 523 g/mol. The first kappa shape index (κ1) is 30.6. The van der Waals surface area contributed by atoms with Crippen molar-refractivity contribution in [3.8, 4) is 0 Å². The van der Waals surface area contributed by atoms with Crippen LogP contribution in [0, 0.1) is 0 Å². The van der Waals surface area contributed by atoms with Gasteiger partial charge in [-0.15, -0.1) is 0 Å². The Hall–Kier alpha value is 1.41. The molecule has 163 valence electrons. The largest absolute Gasteiger partial charge is 0.850 e. The van der Waals surface area contributed by atoms with E-state index in [1.165, 1.54) is 103 Å². The number of unbranched alkanes of at least 4 members (excludes halogenated alkanes) is 14. The van der Waals surface area contributed by atoms with Gasteiger partial charge in [-0.1, -0.05) is 0 Å². The molecule has 27 heavy (non-hydrogen) atoms. The standard InChI is InChI=1S/2C10H21.Mo.H3O2PS2.O/c2*1-3-5-7-9-10-8-6-4-2;;1-3(2,4)5;/h2*1,3-10H2,2H3;;(H3,1,2,4,5);/q;;+3;;/p-3. The molecule has 0 aliphatic carbocycles. The third-order valence-electron chi connectivity index (χ3n) is 4.45. The van der Waals surface area contributed by atoms with Crippen LogP contribution >= 0.6 is 5.69 Å². The Morgan fingerprint density at radius 1 is 0.667 bits per heavy atom. The van der Waals surface area contributed by atoms with Crippen molar-refractivity contribution < 1.29 is 30.5 Å². The number of hydrogen-bond acceptors (Lipinski definition) is 5. The molecule has 0 fully saturated rings. The van der Waals surface area contributed by atoms with E-state index in [2.05, 4.69) is 37.9 Å². The Labute approximate surface area is 185 Å². The Kier molecular flexibility index (Phi) is 26.8. The van der Waals surface area contributed by atoms with Crippen molar-refractivity contribution >= 4 is 29.7 Å². The molecule has 7 heteroatoms. The Morgan fingerprint density at radius 3 is 1.15 bits per heavy atom. The molecule has 3 nitrogen and oxygen atoms in total. The normalized spacial score (nSPS) is 11.1. The summed E-state index contributed by atoms with van der Waals surface area (Å²) in [6.45, 7) is 4.54. The average molecular weight is 522 g/mol. The molecular formula is C20H42MoO3PS2. The van der Waals surface area contributed by atoms with Gasteiger partial charge in [0, 0.05) is 0 Å². The zero-order valence-corrected chi connectivity index (χ0v) is 22.2. The smallest absolute Gasteiger partial charge is 0.160 e. The second kappa shape index (κ2) is 23.7. The first-order valence-corrected chi connectivity index (χ1v) is 18.2. The quantitative estimate of drug-likeness (QED) is 0.0886. The summed E-state index contributed by atoms with van der Waals surface area (Å²) in [4.78, 5) is 20.8. The summed E-state index contributed by atoms with van der Waals surface area (Å²) in [5, 5.41) is 0. The first-order chi connectivity index (χ1) is 12.8. The molecule has 0 aliphatic heterocycles. The molecule has 0 radical (unpaired) electrons. The van der Waals surface area contributed by atoms with Gasteiger partial charge in [0.1, 0.15) is 0 Å². The van der Waals surface area contributed by atoms with Crippen molar-refractivity contribution in [1.29, 1.82) is 0 Å². The van der Waals surface area contributed by atoms with Crippen LogP contribution in [-0.2, 0) is 44.7 Å². The predicted molar refractivity (Wildman–Crippen MR) is 117 cm³/mol. The van der Waals surface area contributed by atoms with E-state index < -0.39 is 23.0 Å². The van der Waals surface area contributed by atoms with E-state index in [9.17, 15) is 13.2 Å². The van der Waals surface area contributed by atoms with E-state index in [0.29, 0.717) is 0 Å². The van der Waals surface area contributed by atoms with Crippen molar-refractivity contribution in [2.45, 2.75) is 126 Å². The number of hydrogen-bond donors (Lipinski definition) is 0. The fourth-order valence-electron chi connectivity index (χ4n) is 2.90. The van der Waals surface area contributed by atoms with Crippen LogP contribution in [0.5, 0.6) is 0 Å². The van der Waals surface area contributed by atoms with Crippen molar-refractivity contribution in [3.63, 3.8) is 0 Å². The fourth-order valence-corrected chi connectivity index (χ4v) is 5.98. The Balaban J connectivity index is 0. The molecule has 0 heterocycles. The summed E-state index contributed by atoms with van der Waals surface area (Å²) in [6.07, 6.45) is 21.8. The predicted octanol–water partition coefficient (Wildman–Crippen LogP) is 6.55. The van der Waals surface area contributed by atoms with Gasteiger partial charge in [-0.05, 0) is 0 Å². The molecule has 0 N–H and O–H groups in total. The molecule has 0 spiro atoms. The SMILES string of the molecule is CCCCCCCCC[CH2][Mo+3](=[O])[CH2]CCCCCCCCC.[O-]P([O-])(=S)[S-]. The van der Waals surface area contributed by atoms with E-state index in [1.54, 1.807) is 0 Å². The summed E-state index contributed by atoms with van der Waals surface area (Å²) in [7, 11) is 0. The van der Waals surface area contributed by atoms with Crippen LogP contribution in [0.25, 0.3) is 0 Å². The van der Waals surface area contributed by atoms with Crippen LogP contribution in [0.15, 0.2) is 0 Å². The van der Waals surface area contributed by atoms with E-state index in [0.717, 1.165) is 9.62 Å². The minimum absolute atomic E-state index is 1.09. The molecule has 0 atom stereocenters. The first-order valence-electron chi connectivity index (χ1n) is 10.9. The van der Waals surface area contributed by atoms with E-state index in [-0.39, 0.29) is 0 Å². The molecule has 0 bridgehead atoms.